The molecule has 3 heteroatoms. The van der Waals surface area contributed by atoms with E-state index in [1.165, 1.54) is 10.5 Å². The molecule has 2 aromatic rings. The van der Waals surface area contributed by atoms with Crippen LogP contribution < -0.4 is 5.73 Å². The highest BCUT2D eigenvalue weighted by molar-refractivity contribution is 7.99. The summed E-state index contributed by atoms with van der Waals surface area (Å²) in [6, 6.07) is 16.2. The fourth-order valence-electron chi connectivity index (χ4n) is 1.87. The molecule has 0 aliphatic carbocycles. The van der Waals surface area contributed by atoms with Gasteiger partial charge in [0.25, 0.3) is 0 Å². The number of nitrogens with zero attached hydrogens (tertiary/aromatic N) is 1. The van der Waals surface area contributed by atoms with Crippen molar-refractivity contribution >= 4 is 17.4 Å². The summed E-state index contributed by atoms with van der Waals surface area (Å²) in [4.78, 5) is 2.21. The van der Waals surface area contributed by atoms with Gasteiger partial charge in [0, 0.05) is 9.79 Å². The summed E-state index contributed by atoms with van der Waals surface area (Å²) >= 11 is 1.65. The van der Waals surface area contributed by atoms with Gasteiger partial charge < -0.3 is 5.73 Å². The summed E-state index contributed by atoms with van der Waals surface area (Å²) in [6.07, 6.45) is 0. The fourth-order valence-corrected chi connectivity index (χ4v) is 2.73. The molecule has 0 atom stereocenters. The maximum Gasteiger partial charge on any atom is 0.101 e. The zero-order chi connectivity index (χ0) is 14.8. The molecule has 2 rings (SSSR count). The van der Waals surface area contributed by atoms with Crippen LogP contribution in [-0.2, 0) is 5.41 Å². The van der Waals surface area contributed by atoms with Gasteiger partial charge in [0.1, 0.15) is 6.07 Å². The predicted octanol–water partition coefficient (Wildman–Crippen LogP) is 4.59. The normalized spacial score (nSPS) is 11.1. The third kappa shape index (κ3) is 3.34. The molecular formula is C17H18N2S. The van der Waals surface area contributed by atoms with Gasteiger partial charge in [-0.05, 0) is 41.3 Å². The van der Waals surface area contributed by atoms with Crippen molar-refractivity contribution in [3.8, 4) is 6.07 Å². The molecule has 0 amide bonds. The van der Waals surface area contributed by atoms with E-state index in [2.05, 4.69) is 51.1 Å². The molecular weight excluding hydrogens is 264 g/mol. The Labute approximate surface area is 124 Å². The van der Waals surface area contributed by atoms with Crippen LogP contribution in [0.15, 0.2) is 52.3 Å². The molecule has 2 nitrogen and oxygen atoms in total. The number of rotatable bonds is 2. The highest BCUT2D eigenvalue weighted by Gasteiger charge is 2.13. The summed E-state index contributed by atoms with van der Waals surface area (Å²) < 4.78 is 0. The van der Waals surface area contributed by atoms with Gasteiger partial charge >= 0.3 is 0 Å². The second-order valence-corrected chi connectivity index (χ2v) is 6.88. The van der Waals surface area contributed by atoms with Crippen LogP contribution in [0.3, 0.4) is 0 Å². The van der Waals surface area contributed by atoms with Crippen LogP contribution >= 0.6 is 11.8 Å². The maximum atomic E-state index is 8.87. The van der Waals surface area contributed by atoms with Crippen molar-refractivity contribution in [3.63, 3.8) is 0 Å². The van der Waals surface area contributed by atoms with Gasteiger partial charge in [-0.1, -0.05) is 44.7 Å². The number of hydrogen-bond donors (Lipinski definition) is 1. The quantitative estimate of drug-likeness (QED) is 0.820. The predicted molar refractivity (Wildman–Crippen MR) is 84.8 cm³/mol. The number of hydrogen-bond acceptors (Lipinski definition) is 3. The first kappa shape index (κ1) is 14.5. The van der Waals surface area contributed by atoms with Gasteiger partial charge in [0.05, 0.1) is 11.3 Å². The monoisotopic (exact) mass is 282 g/mol. The summed E-state index contributed by atoms with van der Waals surface area (Å²) in [5.74, 6) is 0. The molecule has 2 N–H and O–H groups in total. The number of benzene rings is 2. The molecule has 0 fully saturated rings. The van der Waals surface area contributed by atoms with Crippen molar-refractivity contribution in [2.75, 3.05) is 5.73 Å². The fraction of sp³-hybridized carbons (Fsp3) is 0.235. The van der Waals surface area contributed by atoms with E-state index in [1.54, 1.807) is 17.8 Å². The van der Waals surface area contributed by atoms with Crippen LogP contribution in [0.1, 0.15) is 31.9 Å². The third-order valence-electron chi connectivity index (χ3n) is 3.10. The molecule has 0 unspecified atom stereocenters. The lowest BCUT2D eigenvalue weighted by Crippen LogP contribution is -2.10. The first-order valence-electron chi connectivity index (χ1n) is 6.48. The first-order chi connectivity index (χ1) is 9.40. The van der Waals surface area contributed by atoms with Gasteiger partial charge in [-0.3, -0.25) is 0 Å². The van der Waals surface area contributed by atoms with E-state index in [1.807, 2.05) is 12.1 Å². The van der Waals surface area contributed by atoms with Gasteiger partial charge in [-0.15, -0.1) is 0 Å². The highest BCUT2D eigenvalue weighted by Crippen LogP contribution is 2.31. The standard InChI is InChI=1S/C17H18N2S/c1-17(2,3)13-5-8-14(9-6-13)20-15-7-4-12(11-18)16(19)10-15/h4-10H,19H2,1-3H3. The lowest BCUT2D eigenvalue weighted by atomic mass is 9.87. The minimum absolute atomic E-state index is 0.169. The highest BCUT2D eigenvalue weighted by atomic mass is 32.2. The Bertz CT molecular complexity index is 646. The maximum absolute atomic E-state index is 8.87. The molecule has 0 spiro atoms. The minimum Gasteiger partial charge on any atom is -0.398 e. The molecule has 0 aromatic heterocycles. The number of nitrogen functional groups attached to an aromatic ring is 1. The topological polar surface area (TPSA) is 49.8 Å². The Hall–Kier alpha value is -1.92. The Morgan fingerprint density at radius 1 is 1.00 bits per heavy atom. The van der Waals surface area contributed by atoms with E-state index in [0.29, 0.717) is 11.3 Å². The average Bonchev–Trinajstić information content (AvgIpc) is 2.38. The molecule has 0 saturated carbocycles. The molecule has 0 saturated heterocycles. The lowest BCUT2D eigenvalue weighted by molar-refractivity contribution is 0.590. The van der Waals surface area contributed by atoms with Crippen LogP contribution in [0.2, 0.25) is 0 Å². The van der Waals surface area contributed by atoms with Crippen molar-refractivity contribution in [3.05, 3.63) is 53.6 Å². The number of nitriles is 1. The second kappa shape index (κ2) is 5.60. The van der Waals surface area contributed by atoms with Gasteiger partial charge in [0.15, 0.2) is 0 Å². The summed E-state index contributed by atoms with van der Waals surface area (Å²) in [7, 11) is 0. The molecule has 0 radical (unpaired) electrons. The third-order valence-corrected chi connectivity index (χ3v) is 4.10. The largest absolute Gasteiger partial charge is 0.398 e. The van der Waals surface area contributed by atoms with Crippen molar-refractivity contribution in [2.24, 2.45) is 0 Å². The minimum atomic E-state index is 0.169. The Kier molecular flexibility index (Phi) is 4.06. The van der Waals surface area contributed by atoms with Crippen LogP contribution in [0.25, 0.3) is 0 Å². The van der Waals surface area contributed by atoms with E-state index < -0.39 is 0 Å². The smallest absolute Gasteiger partial charge is 0.101 e. The second-order valence-electron chi connectivity index (χ2n) is 5.74. The van der Waals surface area contributed by atoms with Crippen molar-refractivity contribution in [1.29, 1.82) is 5.26 Å². The number of nitrogens with two attached hydrogens (primary N) is 1. The summed E-state index contributed by atoms with van der Waals surface area (Å²) in [6.45, 7) is 6.61. The van der Waals surface area contributed by atoms with E-state index >= 15 is 0 Å². The zero-order valence-electron chi connectivity index (χ0n) is 12.0. The Morgan fingerprint density at radius 3 is 2.10 bits per heavy atom. The zero-order valence-corrected chi connectivity index (χ0v) is 12.8. The number of anilines is 1. The summed E-state index contributed by atoms with van der Waals surface area (Å²) in [5, 5.41) is 8.87. The van der Waals surface area contributed by atoms with Gasteiger partial charge in [-0.2, -0.15) is 5.26 Å². The molecule has 20 heavy (non-hydrogen) atoms. The van der Waals surface area contributed by atoms with E-state index in [9.17, 15) is 0 Å². The molecule has 2 aromatic carbocycles. The van der Waals surface area contributed by atoms with Crippen molar-refractivity contribution in [1.82, 2.24) is 0 Å². The Balaban J connectivity index is 2.19. The van der Waals surface area contributed by atoms with Gasteiger partial charge in [0.2, 0.25) is 0 Å². The molecule has 0 bridgehead atoms. The summed E-state index contributed by atoms with van der Waals surface area (Å²) in [5.41, 5.74) is 8.38. The van der Waals surface area contributed by atoms with E-state index in [4.69, 9.17) is 11.0 Å². The molecule has 0 heterocycles. The van der Waals surface area contributed by atoms with E-state index in [-0.39, 0.29) is 5.41 Å². The van der Waals surface area contributed by atoms with Gasteiger partial charge in [-0.25, -0.2) is 0 Å². The van der Waals surface area contributed by atoms with Crippen LogP contribution in [-0.4, -0.2) is 0 Å². The first-order valence-corrected chi connectivity index (χ1v) is 7.30. The van der Waals surface area contributed by atoms with E-state index in [0.717, 1.165) is 4.90 Å². The van der Waals surface area contributed by atoms with Crippen LogP contribution in [0.5, 0.6) is 0 Å². The Morgan fingerprint density at radius 2 is 1.60 bits per heavy atom. The van der Waals surface area contributed by atoms with Crippen LogP contribution in [0, 0.1) is 11.3 Å². The van der Waals surface area contributed by atoms with Crippen LogP contribution in [0.4, 0.5) is 5.69 Å². The van der Waals surface area contributed by atoms with Crippen molar-refractivity contribution in [2.45, 2.75) is 36.0 Å². The van der Waals surface area contributed by atoms with Crippen molar-refractivity contribution < 1.29 is 0 Å². The average molecular weight is 282 g/mol. The molecule has 102 valence electrons. The molecule has 0 aliphatic heterocycles. The molecule has 0 aliphatic rings. The lowest BCUT2D eigenvalue weighted by Gasteiger charge is -2.19. The SMILES string of the molecule is CC(C)(C)c1ccc(Sc2ccc(C#N)c(N)c2)cc1.